The van der Waals surface area contributed by atoms with E-state index >= 15 is 8.78 Å². The Morgan fingerprint density at radius 2 is 1.43 bits per heavy atom. The van der Waals surface area contributed by atoms with E-state index in [9.17, 15) is 64.5 Å². The van der Waals surface area contributed by atoms with Crippen molar-refractivity contribution >= 4 is 29.8 Å². The second-order valence-corrected chi connectivity index (χ2v) is 20.4. The summed E-state index contributed by atoms with van der Waals surface area (Å²) in [4.78, 5) is 61.4. The molecule has 5 heterocycles. The zero-order chi connectivity index (χ0) is 57.9. The number of hydrogen-bond donors (Lipinski definition) is 6. The van der Waals surface area contributed by atoms with E-state index in [1.807, 2.05) is 22.9 Å². The third kappa shape index (κ3) is 13.6. The normalized spacial score (nSPS) is 18.5. The fourth-order valence-corrected chi connectivity index (χ4v) is 9.33. The first-order chi connectivity index (χ1) is 37.0. The number of rotatable bonds is 19. The van der Waals surface area contributed by atoms with Crippen molar-refractivity contribution in [2.75, 3.05) is 44.9 Å². The lowest BCUT2D eigenvalue weighted by molar-refractivity contribution is -0.221. The van der Waals surface area contributed by atoms with Gasteiger partial charge in [0.2, 0.25) is 5.91 Å². The molecule has 0 spiro atoms. The summed E-state index contributed by atoms with van der Waals surface area (Å²) in [6, 6.07) is 6.24. The maximum atomic E-state index is 16.0. The summed E-state index contributed by atoms with van der Waals surface area (Å²) in [6.07, 6.45) is -13.2. The molecule has 2 aromatic heterocycles. The van der Waals surface area contributed by atoms with Crippen molar-refractivity contribution in [3.8, 4) is 23.1 Å². The minimum absolute atomic E-state index is 0.187. The van der Waals surface area contributed by atoms with Crippen LogP contribution in [0.2, 0.25) is 0 Å². The van der Waals surface area contributed by atoms with Crippen molar-refractivity contribution in [1.29, 1.82) is 0 Å². The maximum absolute atomic E-state index is 16.0. The van der Waals surface area contributed by atoms with Crippen LogP contribution in [0.5, 0.6) is 0 Å². The second-order valence-electron chi connectivity index (χ2n) is 20.4. The van der Waals surface area contributed by atoms with E-state index in [1.165, 1.54) is 29.6 Å². The molecule has 28 heteroatoms. The fourth-order valence-electron chi connectivity index (χ4n) is 9.33. The van der Waals surface area contributed by atoms with E-state index < -0.39 is 115 Å². The summed E-state index contributed by atoms with van der Waals surface area (Å²) >= 11 is 0. The van der Waals surface area contributed by atoms with Gasteiger partial charge in [-0.15, -0.1) is 0 Å². The molecule has 4 amide bonds. The van der Waals surface area contributed by atoms with Gasteiger partial charge >= 0.3 is 31.1 Å². The zero-order valence-electron chi connectivity index (χ0n) is 42.9. The molecule has 0 unspecified atom stereocenters. The van der Waals surface area contributed by atoms with Crippen molar-refractivity contribution in [3.05, 3.63) is 101 Å². The van der Waals surface area contributed by atoms with Gasteiger partial charge in [-0.25, -0.2) is 33.0 Å². The predicted octanol–water partition coefficient (Wildman–Crippen LogP) is 6.14. The Morgan fingerprint density at radius 3 is 1.94 bits per heavy atom. The molecule has 3 saturated heterocycles. The Bertz CT molecular complexity index is 2890. The number of anilines is 1. The Balaban J connectivity index is 1.18. The summed E-state index contributed by atoms with van der Waals surface area (Å²) in [5, 5.41) is 31.1. The number of carbonyl (C=O) groups excluding carboxylic acids is 3. The number of piperazine rings is 1. The molecule has 7 rings (SSSR count). The topological polar surface area (TPSA) is 216 Å². The molecule has 6 N–H and O–H groups in total. The van der Waals surface area contributed by atoms with E-state index in [0.29, 0.717) is 74.1 Å². The van der Waals surface area contributed by atoms with Crippen molar-refractivity contribution in [3.63, 3.8) is 0 Å². The fraction of sp³-hybridized carbons (Fsp3) is 0.490. The highest BCUT2D eigenvalue weighted by atomic mass is 19.4. The van der Waals surface area contributed by atoms with Gasteiger partial charge in [0, 0.05) is 72.9 Å². The van der Waals surface area contributed by atoms with Gasteiger partial charge in [-0.1, -0.05) is 24.0 Å². The number of carbonyl (C=O) groups is 4. The smallest absolute Gasteiger partial charge is 0.407 e. The number of alkyl carbamates (subject to hydrolysis) is 1. The maximum Gasteiger partial charge on any atom is 0.407 e. The summed E-state index contributed by atoms with van der Waals surface area (Å²) < 4.78 is 155. The third-order valence-corrected chi connectivity index (χ3v) is 14.4. The zero-order valence-corrected chi connectivity index (χ0v) is 42.9. The Hall–Kier alpha value is -7.22. The molecule has 2 bridgehead atoms. The number of aromatic nitrogens is 3. The number of amides is 4. The van der Waals surface area contributed by atoms with Crippen LogP contribution in [0.1, 0.15) is 62.9 Å². The van der Waals surface area contributed by atoms with Crippen molar-refractivity contribution in [2.24, 2.45) is 10.8 Å². The summed E-state index contributed by atoms with van der Waals surface area (Å²) in [5.41, 5.74) is -4.67. The van der Waals surface area contributed by atoms with Crippen molar-refractivity contribution in [1.82, 2.24) is 46.0 Å². The van der Waals surface area contributed by atoms with E-state index in [0.717, 1.165) is 57.9 Å². The SMILES string of the molecule is COC(=O)N[C@H](C(=O)N[C@@H](Cc1ccc(C#Cc2ccc(N3C[C@@H]4C[C@H]3CN4C3COC3)nc2)cc1)[C@@H](O)CN(Cc1c(F)cc(-c2ccn(C(F)F)n2)cc1F)NC(=O)[C@@H](NC(=O)O)C(C)(C)C(F)(F)F)C(C)(C)C(F)(F)F. The van der Waals surface area contributed by atoms with Crippen molar-refractivity contribution in [2.45, 2.75) is 108 Å². The van der Waals surface area contributed by atoms with Crippen molar-refractivity contribution < 1.29 is 82.8 Å². The molecule has 3 fully saturated rings. The molecule has 0 aliphatic carbocycles. The van der Waals surface area contributed by atoms with Crippen LogP contribution in [-0.2, 0) is 32.0 Å². The number of likely N-dealkylation sites (tertiary alicyclic amines) is 1. The standard InChI is InChI=1S/C51H56F10N10O8/c1-48(2,50(56,57)58)41(65-47(77)78-5)43(73)63-38(16-28-9-6-27(7-10-28)8-11-29-12-13-40(62-20-29)70-22-31-19-32(70)21-69(31)33-25-79-26-33)39(72)24-68(67-44(74)42(64-46(75)76)49(3,4)51(59,60)61)23-34-35(52)17-30(18-36(34)53)37-14-15-71(66-37)45(54)55/h6-7,9-10,12-15,17-18,20,31-33,38-39,41-42,45,64,72H,16,19,21-26H2,1-5H3,(H,63,73)(H,65,77)(H,67,74)(H,75,76)/t31-,32-,38-,39-,41+,42+/m0/s1. The number of halogens is 10. The number of aliphatic hydroxyl groups excluding tert-OH is 1. The number of benzene rings is 2. The number of pyridine rings is 1. The van der Waals surface area contributed by atoms with Gasteiger partial charge in [0.15, 0.2) is 0 Å². The van der Waals surface area contributed by atoms with Crippen LogP contribution >= 0.6 is 0 Å². The predicted molar refractivity (Wildman–Crippen MR) is 260 cm³/mol. The number of ether oxygens (including phenoxy) is 2. The van der Waals surface area contributed by atoms with Crippen LogP contribution < -0.4 is 26.3 Å². The van der Waals surface area contributed by atoms with Gasteiger partial charge in [-0.3, -0.25) is 19.9 Å². The first-order valence-electron chi connectivity index (χ1n) is 24.5. The number of aliphatic hydroxyl groups is 1. The molecule has 18 nitrogen and oxygen atoms in total. The molecule has 3 aliphatic rings. The summed E-state index contributed by atoms with van der Waals surface area (Å²) in [6.45, 7) is -0.117. The second kappa shape index (κ2) is 23.6. The number of methoxy groups -OCH3 is 1. The number of carboxylic acid groups (broad SMARTS) is 1. The Morgan fingerprint density at radius 1 is 0.823 bits per heavy atom. The monoisotopic (exact) mass is 1130 g/mol. The van der Waals surface area contributed by atoms with Gasteiger partial charge in [0.25, 0.3) is 5.91 Å². The molecular formula is C51H56F10N10O8. The number of fused-ring (bicyclic) bond motifs is 2. The molecule has 0 saturated carbocycles. The summed E-state index contributed by atoms with van der Waals surface area (Å²) in [5.74, 6) is 0.597. The highest BCUT2D eigenvalue weighted by Crippen LogP contribution is 2.42. The third-order valence-electron chi connectivity index (χ3n) is 14.4. The first kappa shape index (κ1) is 59.4. The molecular weight excluding hydrogens is 1070 g/mol. The number of hydrazine groups is 1. The molecule has 4 aromatic rings. The van der Waals surface area contributed by atoms with Crippen LogP contribution in [0.25, 0.3) is 11.3 Å². The molecule has 3 aliphatic heterocycles. The number of hydrogen-bond acceptors (Lipinski definition) is 12. The van der Waals surface area contributed by atoms with Crippen LogP contribution in [0.4, 0.5) is 59.3 Å². The van der Waals surface area contributed by atoms with E-state index in [2.05, 4.69) is 41.8 Å². The molecule has 0 radical (unpaired) electrons. The minimum Gasteiger partial charge on any atom is -0.465 e. The van der Waals surface area contributed by atoms with E-state index in [1.54, 1.807) is 6.20 Å². The van der Waals surface area contributed by atoms with Gasteiger partial charge in [-0.2, -0.15) is 40.2 Å². The summed E-state index contributed by atoms with van der Waals surface area (Å²) in [7, 11) is 0.811. The van der Waals surface area contributed by atoms with Gasteiger partial charge in [0.05, 0.1) is 55.0 Å². The van der Waals surface area contributed by atoms with E-state index in [4.69, 9.17) is 4.74 Å². The first-order valence-corrected chi connectivity index (χ1v) is 24.5. The van der Waals surface area contributed by atoms with Gasteiger partial charge in [-0.05, 0) is 88.6 Å². The van der Waals surface area contributed by atoms with E-state index in [-0.39, 0.29) is 21.5 Å². The Labute approximate surface area is 445 Å². The largest absolute Gasteiger partial charge is 0.465 e. The highest BCUT2D eigenvalue weighted by Gasteiger charge is 2.57. The lowest BCUT2D eigenvalue weighted by Gasteiger charge is -2.42. The number of alkyl halides is 8. The molecule has 79 heavy (non-hydrogen) atoms. The average molecular weight is 1130 g/mol. The quantitative estimate of drug-likeness (QED) is 0.0354. The van der Waals surface area contributed by atoms with Crippen LogP contribution in [-0.4, -0.2) is 154 Å². The number of nitrogens with zero attached hydrogens (tertiary/aromatic N) is 6. The molecule has 428 valence electrons. The lowest BCUT2D eigenvalue weighted by atomic mass is 9.82. The lowest BCUT2D eigenvalue weighted by Crippen LogP contribution is -2.63. The minimum atomic E-state index is -5.28. The van der Waals surface area contributed by atoms with Crippen LogP contribution in [0, 0.1) is 34.3 Å². The van der Waals surface area contributed by atoms with Gasteiger partial charge in [0.1, 0.15) is 29.5 Å². The number of nitrogens with one attached hydrogen (secondary N) is 4. The van der Waals surface area contributed by atoms with Crippen LogP contribution in [0.3, 0.4) is 0 Å². The molecule has 2 aromatic carbocycles. The average Bonchev–Trinajstić information content (AvgIpc) is 4.12. The van der Waals surface area contributed by atoms with Gasteiger partial charge < -0.3 is 40.5 Å². The van der Waals surface area contributed by atoms with Crippen LogP contribution in [0.15, 0.2) is 67.0 Å². The Kier molecular flexibility index (Phi) is 17.8. The highest BCUT2D eigenvalue weighted by molar-refractivity contribution is 5.87. The molecule has 6 atom stereocenters.